The van der Waals surface area contributed by atoms with Crippen LogP contribution < -0.4 is 5.32 Å². The maximum atomic E-state index is 9.60. The van der Waals surface area contributed by atoms with Crippen LogP contribution in [0.2, 0.25) is 0 Å². The van der Waals surface area contributed by atoms with Crippen LogP contribution in [0.25, 0.3) is 0 Å². The Balaban J connectivity index is 2.52. The Morgan fingerprint density at radius 3 is 3.00 bits per heavy atom. The monoisotopic (exact) mass is 169 g/mol. The minimum Gasteiger partial charge on any atom is -0.385 e. The predicted molar refractivity (Wildman–Crippen MR) is 46.7 cm³/mol. The van der Waals surface area contributed by atoms with Gasteiger partial charge in [-0.3, -0.25) is 4.68 Å². The molecule has 0 fully saturated rings. The molecule has 1 rings (SSSR count). The Labute approximate surface area is 72.2 Å². The Morgan fingerprint density at radius 1 is 1.75 bits per heavy atom. The van der Waals surface area contributed by atoms with Crippen molar-refractivity contribution in [2.24, 2.45) is 7.05 Å². The molecule has 0 aliphatic carbocycles. The maximum absolute atomic E-state index is 9.60. The molecule has 0 amide bonds. The summed E-state index contributed by atoms with van der Waals surface area (Å²) in [5, 5.41) is 16.6. The highest BCUT2D eigenvalue weighted by molar-refractivity contribution is 5.04. The first-order chi connectivity index (χ1) is 5.75. The van der Waals surface area contributed by atoms with Crippen LogP contribution in [-0.2, 0) is 7.05 Å². The molecule has 1 heterocycles. The van der Waals surface area contributed by atoms with Gasteiger partial charge in [0.15, 0.2) is 0 Å². The Morgan fingerprint density at radius 2 is 2.50 bits per heavy atom. The summed E-state index contributed by atoms with van der Waals surface area (Å²) in [6.45, 7) is 3.46. The van der Waals surface area contributed by atoms with E-state index in [1.54, 1.807) is 10.9 Å². The zero-order chi connectivity index (χ0) is 8.97. The van der Waals surface area contributed by atoms with Gasteiger partial charge in [0.2, 0.25) is 0 Å². The van der Waals surface area contributed by atoms with E-state index in [2.05, 4.69) is 10.4 Å². The van der Waals surface area contributed by atoms with E-state index in [0.29, 0.717) is 6.54 Å². The van der Waals surface area contributed by atoms with Crippen molar-refractivity contribution in [3.8, 4) is 0 Å². The predicted octanol–water partition coefficient (Wildman–Crippen LogP) is 0.0630. The number of nitrogens with zero attached hydrogens (tertiary/aromatic N) is 2. The zero-order valence-corrected chi connectivity index (χ0v) is 7.49. The summed E-state index contributed by atoms with van der Waals surface area (Å²) in [5.41, 5.74) is 0.843. The van der Waals surface area contributed by atoms with Crippen LogP contribution in [0.4, 0.5) is 0 Å². The molecule has 68 valence electrons. The third-order valence-corrected chi connectivity index (χ3v) is 1.79. The van der Waals surface area contributed by atoms with Crippen molar-refractivity contribution in [3.63, 3.8) is 0 Å². The highest BCUT2D eigenvalue weighted by Gasteiger charge is 2.09. The SMILES string of the molecule is CCNCC(O)c1ccnn1C. The fourth-order valence-electron chi connectivity index (χ4n) is 1.10. The summed E-state index contributed by atoms with van der Waals surface area (Å²) in [6, 6.07) is 1.82. The van der Waals surface area contributed by atoms with Crippen LogP contribution in [0.15, 0.2) is 12.3 Å². The minimum absolute atomic E-state index is 0.461. The number of aliphatic hydroxyl groups is 1. The number of aromatic nitrogens is 2. The number of hydrogen-bond donors (Lipinski definition) is 2. The topological polar surface area (TPSA) is 50.1 Å². The van der Waals surface area contributed by atoms with E-state index in [9.17, 15) is 5.11 Å². The third kappa shape index (κ3) is 2.06. The molecule has 0 saturated carbocycles. The third-order valence-electron chi connectivity index (χ3n) is 1.79. The molecule has 4 heteroatoms. The molecule has 1 unspecified atom stereocenters. The van der Waals surface area contributed by atoms with Crippen molar-refractivity contribution in [3.05, 3.63) is 18.0 Å². The van der Waals surface area contributed by atoms with E-state index in [1.165, 1.54) is 0 Å². The van der Waals surface area contributed by atoms with Crippen LogP contribution in [0.3, 0.4) is 0 Å². The Bertz CT molecular complexity index is 234. The molecule has 0 aromatic carbocycles. The second-order valence-electron chi connectivity index (χ2n) is 2.70. The lowest BCUT2D eigenvalue weighted by molar-refractivity contribution is 0.166. The minimum atomic E-state index is -0.461. The first-order valence-corrected chi connectivity index (χ1v) is 4.12. The number of hydrogen-bond acceptors (Lipinski definition) is 3. The molecule has 1 atom stereocenters. The molecular formula is C8H15N3O. The van der Waals surface area contributed by atoms with Gasteiger partial charge in [-0.05, 0) is 12.6 Å². The summed E-state index contributed by atoms with van der Waals surface area (Å²) in [6.07, 6.45) is 1.22. The summed E-state index contributed by atoms with van der Waals surface area (Å²) in [5.74, 6) is 0. The van der Waals surface area contributed by atoms with Gasteiger partial charge in [0.05, 0.1) is 5.69 Å². The summed E-state index contributed by atoms with van der Waals surface area (Å²) in [7, 11) is 1.82. The Kier molecular flexibility index (Phi) is 3.25. The average Bonchev–Trinajstić information content (AvgIpc) is 2.47. The largest absolute Gasteiger partial charge is 0.385 e. The van der Waals surface area contributed by atoms with Gasteiger partial charge < -0.3 is 10.4 Å². The maximum Gasteiger partial charge on any atom is 0.108 e. The lowest BCUT2D eigenvalue weighted by Gasteiger charge is -2.10. The fourth-order valence-corrected chi connectivity index (χ4v) is 1.10. The van der Waals surface area contributed by atoms with Gasteiger partial charge in [-0.2, -0.15) is 5.10 Å². The van der Waals surface area contributed by atoms with E-state index in [-0.39, 0.29) is 0 Å². The van der Waals surface area contributed by atoms with Gasteiger partial charge in [-0.15, -0.1) is 0 Å². The van der Waals surface area contributed by atoms with E-state index < -0.39 is 6.10 Å². The highest BCUT2D eigenvalue weighted by atomic mass is 16.3. The lowest BCUT2D eigenvalue weighted by atomic mass is 10.2. The van der Waals surface area contributed by atoms with E-state index in [1.807, 2.05) is 20.0 Å². The first kappa shape index (κ1) is 9.22. The van der Waals surface area contributed by atoms with Gasteiger partial charge in [0.1, 0.15) is 6.10 Å². The quantitative estimate of drug-likeness (QED) is 0.670. The number of aliphatic hydroxyl groups excluding tert-OH is 1. The number of aryl methyl sites for hydroxylation is 1. The van der Waals surface area contributed by atoms with Gasteiger partial charge in [-0.1, -0.05) is 6.92 Å². The van der Waals surface area contributed by atoms with Crippen LogP contribution in [0.1, 0.15) is 18.7 Å². The van der Waals surface area contributed by atoms with E-state index in [0.717, 1.165) is 12.2 Å². The van der Waals surface area contributed by atoms with Crippen molar-refractivity contribution in [2.75, 3.05) is 13.1 Å². The number of likely N-dealkylation sites (N-methyl/N-ethyl adjacent to an activating group) is 1. The van der Waals surface area contributed by atoms with Crippen LogP contribution in [0, 0.1) is 0 Å². The summed E-state index contributed by atoms with van der Waals surface area (Å²) >= 11 is 0. The van der Waals surface area contributed by atoms with Crippen molar-refractivity contribution in [1.82, 2.24) is 15.1 Å². The highest BCUT2D eigenvalue weighted by Crippen LogP contribution is 2.08. The van der Waals surface area contributed by atoms with Crippen molar-refractivity contribution in [2.45, 2.75) is 13.0 Å². The van der Waals surface area contributed by atoms with Crippen LogP contribution in [0.5, 0.6) is 0 Å². The van der Waals surface area contributed by atoms with Gasteiger partial charge in [0.25, 0.3) is 0 Å². The molecule has 12 heavy (non-hydrogen) atoms. The van der Waals surface area contributed by atoms with Gasteiger partial charge in [-0.25, -0.2) is 0 Å². The molecule has 1 aromatic rings. The Hall–Kier alpha value is -0.870. The molecule has 0 radical (unpaired) electrons. The standard InChI is InChI=1S/C8H15N3O/c1-3-9-6-8(12)7-4-5-10-11(7)2/h4-5,8-9,12H,3,6H2,1-2H3. The second kappa shape index (κ2) is 4.23. The molecule has 0 aliphatic rings. The fraction of sp³-hybridized carbons (Fsp3) is 0.625. The van der Waals surface area contributed by atoms with Crippen LogP contribution in [-0.4, -0.2) is 28.0 Å². The molecule has 0 spiro atoms. The second-order valence-corrected chi connectivity index (χ2v) is 2.70. The normalized spacial score (nSPS) is 13.2. The van der Waals surface area contributed by atoms with Crippen molar-refractivity contribution < 1.29 is 5.11 Å². The molecule has 4 nitrogen and oxygen atoms in total. The van der Waals surface area contributed by atoms with E-state index in [4.69, 9.17) is 0 Å². The molecule has 0 aliphatic heterocycles. The number of rotatable bonds is 4. The smallest absolute Gasteiger partial charge is 0.108 e. The molecular weight excluding hydrogens is 154 g/mol. The first-order valence-electron chi connectivity index (χ1n) is 4.12. The zero-order valence-electron chi connectivity index (χ0n) is 7.49. The van der Waals surface area contributed by atoms with E-state index >= 15 is 0 Å². The molecule has 1 aromatic heterocycles. The van der Waals surface area contributed by atoms with Crippen molar-refractivity contribution >= 4 is 0 Å². The molecule has 2 N–H and O–H groups in total. The van der Waals surface area contributed by atoms with Crippen molar-refractivity contribution in [1.29, 1.82) is 0 Å². The lowest BCUT2D eigenvalue weighted by Crippen LogP contribution is -2.22. The summed E-state index contributed by atoms with van der Waals surface area (Å²) < 4.78 is 1.68. The van der Waals surface area contributed by atoms with Gasteiger partial charge >= 0.3 is 0 Å². The molecule has 0 saturated heterocycles. The van der Waals surface area contributed by atoms with Crippen LogP contribution >= 0.6 is 0 Å². The van der Waals surface area contributed by atoms with Gasteiger partial charge in [0, 0.05) is 19.8 Å². The number of nitrogens with one attached hydrogen (secondary N) is 1. The summed E-state index contributed by atoms with van der Waals surface area (Å²) in [4.78, 5) is 0. The average molecular weight is 169 g/mol. The molecule has 0 bridgehead atoms.